The molecule has 0 aromatic rings. The summed E-state index contributed by atoms with van der Waals surface area (Å²) < 4.78 is 0. The van der Waals surface area contributed by atoms with Crippen molar-refractivity contribution >= 4 is 23.5 Å². The maximum absolute atomic E-state index is 5.06. The second-order valence-corrected chi connectivity index (χ2v) is 7.42. The highest BCUT2D eigenvalue weighted by molar-refractivity contribution is 7.99. The average Bonchev–Trinajstić information content (AvgIpc) is 2.91. The molecule has 3 rings (SSSR count). The van der Waals surface area contributed by atoms with Crippen molar-refractivity contribution in [1.29, 1.82) is 0 Å². The predicted molar refractivity (Wildman–Crippen MR) is 77.0 cm³/mol. The van der Waals surface area contributed by atoms with Gasteiger partial charge in [0.1, 0.15) is 5.66 Å². The van der Waals surface area contributed by atoms with E-state index in [1.165, 1.54) is 48.9 Å². The summed E-state index contributed by atoms with van der Waals surface area (Å²) in [4.78, 5) is 2.68. The number of nitrogens with one attached hydrogen (secondary N) is 1. The lowest BCUT2D eigenvalue weighted by Gasteiger charge is -2.48. The van der Waals surface area contributed by atoms with Gasteiger partial charge in [-0.3, -0.25) is 4.90 Å². The molecule has 3 aliphatic heterocycles. The Morgan fingerprint density at radius 3 is 2.71 bits per heavy atom. The Morgan fingerprint density at radius 1 is 1.18 bits per heavy atom. The zero-order valence-corrected chi connectivity index (χ0v) is 12.0. The fourth-order valence-electron chi connectivity index (χ4n) is 3.27. The third-order valence-corrected chi connectivity index (χ3v) is 6.13. The Kier molecular flexibility index (Phi) is 4.22. The molecule has 3 saturated heterocycles. The lowest BCUT2D eigenvalue weighted by atomic mass is 9.96. The molecule has 0 saturated carbocycles. The molecule has 0 amide bonds. The van der Waals surface area contributed by atoms with Gasteiger partial charge in [0.2, 0.25) is 0 Å². The smallest absolute Gasteiger partial charge is 0.104 e. The molecule has 17 heavy (non-hydrogen) atoms. The van der Waals surface area contributed by atoms with Crippen molar-refractivity contribution in [3.8, 4) is 0 Å². The van der Waals surface area contributed by atoms with Crippen LogP contribution in [0.3, 0.4) is 0 Å². The third kappa shape index (κ3) is 2.50. The molecular weight excluding hydrogens is 250 g/mol. The van der Waals surface area contributed by atoms with E-state index in [1.54, 1.807) is 0 Å². The Bertz CT molecular complexity index is 224. The Labute approximate surface area is 113 Å². The first kappa shape index (κ1) is 12.6. The van der Waals surface area contributed by atoms with Crippen molar-refractivity contribution < 1.29 is 0 Å². The molecule has 5 heteroatoms. The van der Waals surface area contributed by atoms with E-state index in [4.69, 9.17) is 5.32 Å². The monoisotopic (exact) mass is 272 g/mol. The van der Waals surface area contributed by atoms with Crippen LogP contribution in [0.4, 0.5) is 0 Å². The van der Waals surface area contributed by atoms with Crippen molar-refractivity contribution in [1.82, 2.24) is 15.5 Å². The molecule has 3 fully saturated rings. The van der Waals surface area contributed by atoms with Gasteiger partial charge in [0.25, 0.3) is 0 Å². The van der Waals surface area contributed by atoms with Crippen LogP contribution in [0, 0.1) is 0 Å². The maximum atomic E-state index is 5.06. The van der Waals surface area contributed by atoms with E-state index >= 15 is 0 Å². The summed E-state index contributed by atoms with van der Waals surface area (Å²) in [5.41, 5.74) is 0.147. The normalized spacial score (nSPS) is 40.6. The van der Waals surface area contributed by atoms with Crippen LogP contribution in [-0.4, -0.2) is 65.8 Å². The topological polar surface area (TPSA) is 29.4 Å². The van der Waals surface area contributed by atoms with Gasteiger partial charge < -0.3 is 5.32 Å². The molecule has 97 valence electrons. The molecule has 0 aromatic heterocycles. The van der Waals surface area contributed by atoms with E-state index in [2.05, 4.69) is 33.7 Å². The largest absolute Gasteiger partial charge is 0.309 e. The van der Waals surface area contributed by atoms with E-state index in [0.29, 0.717) is 6.04 Å². The van der Waals surface area contributed by atoms with Crippen molar-refractivity contribution in [2.24, 2.45) is 0 Å². The molecule has 3 heterocycles. The zero-order valence-electron chi connectivity index (χ0n) is 10.4. The molecule has 3 nitrogen and oxygen atoms in total. The van der Waals surface area contributed by atoms with Gasteiger partial charge in [-0.1, -0.05) is 0 Å². The van der Waals surface area contributed by atoms with Crippen LogP contribution >= 0.6 is 23.5 Å². The Hall–Kier alpha value is 0.580. The summed E-state index contributed by atoms with van der Waals surface area (Å²) in [7, 11) is 0. The van der Waals surface area contributed by atoms with Crippen LogP contribution in [0.1, 0.15) is 12.8 Å². The van der Waals surface area contributed by atoms with Gasteiger partial charge in [-0.05, 0) is 12.8 Å². The van der Waals surface area contributed by atoms with Gasteiger partial charge in [0, 0.05) is 55.2 Å². The number of hydrogen-bond acceptors (Lipinski definition) is 4. The molecule has 0 bridgehead atoms. The van der Waals surface area contributed by atoms with Crippen molar-refractivity contribution in [2.45, 2.75) is 24.5 Å². The van der Waals surface area contributed by atoms with E-state index in [9.17, 15) is 0 Å². The summed E-state index contributed by atoms with van der Waals surface area (Å²) in [6.07, 6.45) is 2.56. The van der Waals surface area contributed by atoms with Crippen LogP contribution in [-0.2, 0) is 0 Å². The summed E-state index contributed by atoms with van der Waals surface area (Å²) in [6, 6.07) is 0.590. The second kappa shape index (κ2) is 5.70. The Balaban J connectivity index is 1.75. The lowest BCUT2D eigenvalue weighted by molar-refractivity contribution is 0.0472. The molecule has 1 radical (unpaired) electrons. The molecule has 0 aromatic carbocycles. The van der Waals surface area contributed by atoms with Gasteiger partial charge in [-0.25, -0.2) is 5.32 Å². The van der Waals surface area contributed by atoms with Gasteiger partial charge in [0.15, 0.2) is 0 Å². The highest BCUT2D eigenvalue weighted by Crippen LogP contribution is 2.33. The first-order chi connectivity index (χ1) is 8.42. The average molecular weight is 272 g/mol. The fourth-order valence-corrected chi connectivity index (χ4v) is 5.22. The SMILES string of the molecule is C1C[N]C(C2CSCCN2)(N2CCSCC2)C1. The van der Waals surface area contributed by atoms with Crippen LogP contribution in [0.15, 0.2) is 0 Å². The summed E-state index contributed by atoms with van der Waals surface area (Å²) >= 11 is 4.19. The summed E-state index contributed by atoms with van der Waals surface area (Å²) in [5.74, 6) is 5.09. The number of rotatable bonds is 2. The van der Waals surface area contributed by atoms with Gasteiger partial charge in [0.05, 0.1) is 0 Å². The van der Waals surface area contributed by atoms with E-state index in [-0.39, 0.29) is 5.66 Å². The molecule has 1 N–H and O–H groups in total. The number of thioether (sulfide) groups is 2. The highest BCUT2D eigenvalue weighted by Gasteiger charge is 2.47. The van der Waals surface area contributed by atoms with Gasteiger partial charge in [-0.2, -0.15) is 23.5 Å². The molecule has 2 atom stereocenters. The minimum absolute atomic E-state index is 0.147. The van der Waals surface area contributed by atoms with Crippen LogP contribution < -0.4 is 10.6 Å². The molecule has 0 aliphatic carbocycles. The van der Waals surface area contributed by atoms with E-state index < -0.39 is 0 Å². The lowest BCUT2D eigenvalue weighted by Crippen LogP contribution is -2.67. The van der Waals surface area contributed by atoms with E-state index in [0.717, 1.165) is 13.1 Å². The third-order valence-electron chi connectivity index (χ3n) is 4.13. The van der Waals surface area contributed by atoms with Crippen LogP contribution in [0.5, 0.6) is 0 Å². The van der Waals surface area contributed by atoms with Crippen LogP contribution in [0.25, 0.3) is 0 Å². The Morgan fingerprint density at radius 2 is 2.06 bits per heavy atom. The number of hydrogen-bond donors (Lipinski definition) is 1. The predicted octanol–water partition coefficient (Wildman–Crippen LogP) is 0.835. The quantitative estimate of drug-likeness (QED) is 0.806. The van der Waals surface area contributed by atoms with Crippen molar-refractivity contribution in [3.05, 3.63) is 0 Å². The standard InChI is InChI=1S/C12H22N3S2/c1-2-12(14-3-1,11-10-17-7-4-13-11)15-5-8-16-9-6-15/h11,13H,1-10H2. The first-order valence-corrected chi connectivity index (χ1v) is 9.05. The van der Waals surface area contributed by atoms with Gasteiger partial charge in [-0.15, -0.1) is 0 Å². The molecule has 2 unspecified atom stereocenters. The van der Waals surface area contributed by atoms with Crippen molar-refractivity contribution in [3.63, 3.8) is 0 Å². The zero-order chi connectivity index (χ0) is 11.6. The van der Waals surface area contributed by atoms with Crippen LogP contribution in [0.2, 0.25) is 0 Å². The summed E-state index contributed by atoms with van der Waals surface area (Å²) in [6.45, 7) is 4.70. The highest BCUT2D eigenvalue weighted by atomic mass is 32.2. The molecule has 0 spiro atoms. The molecular formula is C12H22N3S2. The van der Waals surface area contributed by atoms with Crippen molar-refractivity contribution in [2.75, 3.05) is 49.2 Å². The minimum Gasteiger partial charge on any atom is -0.309 e. The van der Waals surface area contributed by atoms with E-state index in [1.807, 2.05) is 0 Å². The molecule has 3 aliphatic rings. The fraction of sp³-hybridized carbons (Fsp3) is 1.00. The van der Waals surface area contributed by atoms with Gasteiger partial charge >= 0.3 is 0 Å². The maximum Gasteiger partial charge on any atom is 0.104 e. The summed E-state index contributed by atoms with van der Waals surface area (Å²) in [5, 5.41) is 8.79. The minimum atomic E-state index is 0.147. The first-order valence-electron chi connectivity index (χ1n) is 6.74. The number of nitrogens with zero attached hydrogens (tertiary/aromatic N) is 2. The second-order valence-electron chi connectivity index (χ2n) is 5.04.